The third-order valence-corrected chi connectivity index (χ3v) is 4.99. The van der Waals surface area contributed by atoms with E-state index in [0.29, 0.717) is 0 Å². The van der Waals surface area contributed by atoms with E-state index in [0.717, 1.165) is 18.4 Å². The van der Waals surface area contributed by atoms with Gasteiger partial charge in [-0.25, -0.2) is 0 Å². The van der Waals surface area contributed by atoms with Crippen LogP contribution in [0.2, 0.25) is 0 Å². The van der Waals surface area contributed by atoms with Crippen LogP contribution in [0.4, 0.5) is 0 Å². The van der Waals surface area contributed by atoms with Crippen molar-refractivity contribution in [3.63, 3.8) is 0 Å². The van der Waals surface area contributed by atoms with Gasteiger partial charge in [0.1, 0.15) is 17.2 Å². The number of aromatic hydroxyl groups is 4. The first-order chi connectivity index (χ1) is 15.1. The lowest BCUT2D eigenvalue weighted by Gasteiger charge is -2.13. The highest BCUT2D eigenvalue weighted by Crippen LogP contribution is 2.40. The fraction of sp³-hybridized carbons (Fsp3) is 0.269. The summed E-state index contributed by atoms with van der Waals surface area (Å²) in [6, 6.07) is 5.22. The lowest BCUT2D eigenvalue weighted by atomic mass is 9.98. The summed E-state index contributed by atoms with van der Waals surface area (Å²) >= 11 is 0. The van der Waals surface area contributed by atoms with Gasteiger partial charge in [-0.15, -0.1) is 0 Å². The Balaban J connectivity index is 2.34. The number of ketones is 1. The molecule has 32 heavy (non-hydrogen) atoms. The predicted octanol–water partition coefficient (Wildman–Crippen LogP) is 5.65. The van der Waals surface area contributed by atoms with Gasteiger partial charge in [0.2, 0.25) is 0 Å². The minimum absolute atomic E-state index is 0.0406. The number of benzene rings is 2. The Kier molecular flexibility index (Phi) is 8.53. The molecule has 6 heteroatoms. The Morgan fingerprint density at radius 3 is 2.38 bits per heavy atom. The van der Waals surface area contributed by atoms with Crippen LogP contribution in [0, 0.1) is 0 Å². The van der Waals surface area contributed by atoms with Crippen LogP contribution in [0.1, 0.15) is 55.1 Å². The smallest absolute Gasteiger partial charge is 0.189 e. The molecule has 0 aliphatic rings. The minimum Gasteiger partial charge on any atom is -0.508 e. The average molecular weight is 439 g/mol. The molecule has 0 unspecified atom stereocenters. The second kappa shape index (κ2) is 11.1. The molecule has 0 fully saturated rings. The summed E-state index contributed by atoms with van der Waals surface area (Å²) in [7, 11) is 1.37. The first-order valence-corrected chi connectivity index (χ1v) is 10.3. The molecule has 2 aromatic rings. The quantitative estimate of drug-likeness (QED) is 0.174. The van der Waals surface area contributed by atoms with E-state index in [2.05, 4.69) is 6.08 Å². The number of carbonyl (C=O) groups excluding carboxylic acids is 1. The van der Waals surface area contributed by atoms with Crippen LogP contribution in [-0.2, 0) is 6.42 Å². The fourth-order valence-corrected chi connectivity index (χ4v) is 3.13. The molecule has 0 saturated carbocycles. The summed E-state index contributed by atoms with van der Waals surface area (Å²) in [6.45, 7) is 6.06. The van der Waals surface area contributed by atoms with Crippen molar-refractivity contribution in [1.29, 1.82) is 0 Å². The number of hydrogen-bond donors (Lipinski definition) is 4. The van der Waals surface area contributed by atoms with Gasteiger partial charge in [0, 0.05) is 11.1 Å². The second-order valence-corrected chi connectivity index (χ2v) is 7.82. The molecule has 0 aliphatic carbocycles. The van der Waals surface area contributed by atoms with Gasteiger partial charge in [-0.05, 0) is 76.5 Å². The lowest BCUT2D eigenvalue weighted by molar-refractivity contribution is 0.104. The molecule has 2 aromatic carbocycles. The zero-order valence-electron chi connectivity index (χ0n) is 18.8. The van der Waals surface area contributed by atoms with Crippen LogP contribution in [-0.4, -0.2) is 33.3 Å². The van der Waals surface area contributed by atoms with Gasteiger partial charge < -0.3 is 25.2 Å². The van der Waals surface area contributed by atoms with Gasteiger partial charge in [-0.3, -0.25) is 4.79 Å². The van der Waals surface area contributed by atoms with E-state index >= 15 is 0 Å². The molecular weight excluding hydrogens is 408 g/mol. The first kappa shape index (κ1) is 24.6. The van der Waals surface area contributed by atoms with Crippen molar-refractivity contribution in [2.24, 2.45) is 0 Å². The van der Waals surface area contributed by atoms with Crippen LogP contribution in [0.15, 0.2) is 53.6 Å². The predicted molar refractivity (Wildman–Crippen MR) is 126 cm³/mol. The summed E-state index contributed by atoms with van der Waals surface area (Å²) in [5, 5.41) is 40.6. The molecule has 2 rings (SSSR count). The van der Waals surface area contributed by atoms with E-state index in [1.54, 1.807) is 0 Å². The molecule has 0 aliphatic heterocycles. The van der Waals surface area contributed by atoms with Crippen LogP contribution in [0.5, 0.6) is 28.7 Å². The number of rotatable bonds is 9. The molecule has 0 spiro atoms. The highest BCUT2D eigenvalue weighted by atomic mass is 16.5. The Hall–Kier alpha value is -3.67. The summed E-state index contributed by atoms with van der Waals surface area (Å²) < 4.78 is 5.19. The highest BCUT2D eigenvalue weighted by Gasteiger charge is 2.20. The average Bonchev–Trinajstić information content (AvgIpc) is 2.74. The Morgan fingerprint density at radius 2 is 1.72 bits per heavy atom. The van der Waals surface area contributed by atoms with Crippen LogP contribution in [0.25, 0.3) is 6.08 Å². The molecule has 0 radical (unpaired) electrons. The summed E-state index contributed by atoms with van der Waals surface area (Å²) in [4.78, 5) is 12.8. The van der Waals surface area contributed by atoms with Gasteiger partial charge in [0.15, 0.2) is 17.3 Å². The number of ether oxygens (including phenoxy) is 1. The van der Waals surface area contributed by atoms with Gasteiger partial charge >= 0.3 is 0 Å². The maximum Gasteiger partial charge on any atom is 0.189 e. The normalized spacial score (nSPS) is 11.6. The van der Waals surface area contributed by atoms with E-state index in [1.807, 2.05) is 26.8 Å². The third kappa shape index (κ3) is 6.41. The summed E-state index contributed by atoms with van der Waals surface area (Å²) in [5.74, 6) is -1.18. The standard InChI is InChI=1S/C26H30O6/c1-16(2)6-5-7-17(3)8-11-20-25(30)21(15-24(32-4)26(20)31)23(29)12-9-18-14-19(27)10-13-22(18)28/h6,8-10,12-15,27-28,30-31H,5,7,11H2,1-4H3/b12-9+,17-8+. The number of phenols is 4. The maximum absolute atomic E-state index is 12.8. The number of carbonyl (C=O) groups is 1. The Labute approximate surface area is 188 Å². The van der Waals surface area contributed by atoms with E-state index < -0.39 is 5.78 Å². The SMILES string of the molecule is COc1cc(C(=O)/C=C/c2cc(O)ccc2O)c(O)c(C/C=C(\C)CCC=C(C)C)c1O. The third-order valence-electron chi connectivity index (χ3n) is 4.99. The molecule has 0 aromatic heterocycles. The van der Waals surface area contributed by atoms with Crippen molar-refractivity contribution >= 4 is 11.9 Å². The van der Waals surface area contributed by atoms with Crippen molar-refractivity contribution in [3.05, 3.63) is 70.3 Å². The largest absolute Gasteiger partial charge is 0.508 e. The molecule has 0 heterocycles. The van der Waals surface area contributed by atoms with Gasteiger partial charge in [0.25, 0.3) is 0 Å². The number of phenolic OH excluding ortho intramolecular Hbond substituents is 4. The molecule has 0 atom stereocenters. The highest BCUT2D eigenvalue weighted by molar-refractivity contribution is 6.09. The Bertz CT molecular complexity index is 1070. The molecular formula is C26H30O6. The molecule has 6 nitrogen and oxygen atoms in total. The molecule has 4 N–H and O–H groups in total. The number of methoxy groups -OCH3 is 1. The van der Waals surface area contributed by atoms with Gasteiger partial charge in [0.05, 0.1) is 12.7 Å². The maximum atomic E-state index is 12.8. The Morgan fingerprint density at radius 1 is 1.00 bits per heavy atom. The van der Waals surface area contributed by atoms with E-state index in [9.17, 15) is 25.2 Å². The first-order valence-electron chi connectivity index (χ1n) is 10.3. The molecule has 0 bridgehead atoms. The minimum atomic E-state index is -0.547. The monoisotopic (exact) mass is 438 g/mol. The van der Waals surface area contributed by atoms with Crippen LogP contribution >= 0.6 is 0 Å². The second-order valence-electron chi connectivity index (χ2n) is 7.82. The van der Waals surface area contributed by atoms with Crippen molar-refractivity contribution in [2.45, 2.75) is 40.0 Å². The van der Waals surface area contributed by atoms with Crippen molar-refractivity contribution in [3.8, 4) is 28.7 Å². The zero-order chi connectivity index (χ0) is 23.8. The zero-order valence-corrected chi connectivity index (χ0v) is 18.8. The van der Waals surface area contributed by atoms with E-state index in [4.69, 9.17) is 4.74 Å². The van der Waals surface area contributed by atoms with Crippen molar-refractivity contribution in [1.82, 2.24) is 0 Å². The summed E-state index contributed by atoms with van der Waals surface area (Å²) in [6.07, 6.45) is 8.53. The topological polar surface area (TPSA) is 107 Å². The van der Waals surface area contributed by atoms with Gasteiger partial charge in [-0.1, -0.05) is 23.3 Å². The number of hydrogen-bond acceptors (Lipinski definition) is 6. The van der Waals surface area contributed by atoms with Crippen LogP contribution in [0.3, 0.4) is 0 Å². The van der Waals surface area contributed by atoms with E-state index in [1.165, 1.54) is 49.1 Å². The van der Waals surface area contributed by atoms with Crippen LogP contribution < -0.4 is 4.74 Å². The molecule has 0 saturated heterocycles. The van der Waals surface area contributed by atoms with Crippen molar-refractivity contribution in [2.75, 3.05) is 7.11 Å². The fourth-order valence-electron chi connectivity index (χ4n) is 3.13. The number of allylic oxidation sites excluding steroid dienone is 5. The van der Waals surface area contributed by atoms with E-state index in [-0.39, 0.29) is 51.9 Å². The lowest BCUT2D eigenvalue weighted by Crippen LogP contribution is -2.00. The van der Waals surface area contributed by atoms with Gasteiger partial charge in [-0.2, -0.15) is 0 Å². The molecule has 0 amide bonds. The molecule has 170 valence electrons. The van der Waals surface area contributed by atoms with Crippen molar-refractivity contribution < 1.29 is 30.0 Å². The summed E-state index contributed by atoms with van der Waals surface area (Å²) in [5.41, 5.74) is 2.75.